The summed E-state index contributed by atoms with van der Waals surface area (Å²) in [6.45, 7) is 11.6. The van der Waals surface area contributed by atoms with Gasteiger partial charge in [-0.05, 0) is 98.2 Å². The highest BCUT2D eigenvalue weighted by Crippen LogP contribution is 2.37. The number of ether oxygens (including phenoxy) is 2. The number of aromatic nitrogens is 3. The molecule has 0 bridgehead atoms. The predicted octanol–water partition coefficient (Wildman–Crippen LogP) is 8.09. The van der Waals surface area contributed by atoms with Crippen LogP contribution in [0.5, 0.6) is 11.5 Å². The third-order valence-corrected chi connectivity index (χ3v) is 15.7. The number of aliphatic hydroxyl groups excluding tert-OH is 1. The number of aliphatic hydroxyl groups is 1. The second-order valence-electron chi connectivity index (χ2n) is 21.4. The molecular formula is C58H74N8O8S. The second-order valence-corrected chi connectivity index (χ2v) is 22.2. The number of amides is 5. The minimum Gasteiger partial charge on any atom is -0.496 e. The zero-order chi connectivity index (χ0) is 53.2. The Morgan fingerprint density at radius 3 is 2.33 bits per heavy atom. The summed E-state index contributed by atoms with van der Waals surface area (Å²) in [4.78, 5) is 78.8. The maximum atomic E-state index is 14.0. The highest BCUT2D eigenvalue weighted by molar-refractivity contribution is 7.13. The lowest BCUT2D eigenvalue weighted by Crippen LogP contribution is -2.57. The Hall–Kier alpha value is -6.59. The van der Waals surface area contributed by atoms with Crippen molar-refractivity contribution in [1.82, 2.24) is 40.7 Å². The lowest BCUT2D eigenvalue weighted by Gasteiger charge is -2.35. The number of unbranched alkanes of at least 4 members (excludes halogenated alkanes) is 4. The maximum Gasteiger partial charge on any atom is 0.252 e. The number of nitrogens with one attached hydrogen (secondary N) is 4. The van der Waals surface area contributed by atoms with E-state index >= 15 is 0 Å². The summed E-state index contributed by atoms with van der Waals surface area (Å²) in [6.07, 6.45) is 10.3. The van der Waals surface area contributed by atoms with Crippen LogP contribution in [0.15, 0.2) is 66.3 Å². The molecule has 400 valence electrons. The number of benzene rings is 3. The minimum atomic E-state index is -0.888. The van der Waals surface area contributed by atoms with Crippen molar-refractivity contribution < 1.29 is 38.6 Å². The van der Waals surface area contributed by atoms with Crippen LogP contribution in [0.25, 0.3) is 21.7 Å². The van der Waals surface area contributed by atoms with Crippen LogP contribution in [0, 0.1) is 19.3 Å². The molecule has 0 spiro atoms. The molecule has 3 aromatic carbocycles. The van der Waals surface area contributed by atoms with Crippen molar-refractivity contribution in [3.05, 3.63) is 106 Å². The van der Waals surface area contributed by atoms with Gasteiger partial charge in [0, 0.05) is 74.7 Å². The first-order valence-electron chi connectivity index (χ1n) is 26.7. The Morgan fingerprint density at radius 1 is 0.880 bits per heavy atom. The van der Waals surface area contributed by atoms with Crippen molar-refractivity contribution in [2.45, 2.75) is 155 Å². The van der Waals surface area contributed by atoms with Gasteiger partial charge in [-0.3, -0.25) is 24.0 Å². The Bertz CT molecular complexity index is 2810. The lowest BCUT2D eigenvalue weighted by atomic mass is 9.85. The summed E-state index contributed by atoms with van der Waals surface area (Å²) in [6, 6.07) is 16.0. The van der Waals surface area contributed by atoms with E-state index in [1.54, 1.807) is 30.6 Å². The van der Waals surface area contributed by atoms with Gasteiger partial charge in [0.2, 0.25) is 23.6 Å². The van der Waals surface area contributed by atoms with Crippen LogP contribution in [0.1, 0.15) is 142 Å². The van der Waals surface area contributed by atoms with Crippen LogP contribution in [0.4, 0.5) is 0 Å². The van der Waals surface area contributed by atoms with Crippen LogP contribution in [-0.2, 0) is 45.1 Å². The van der Waals surface area contributed by atoms with E-state index in [9.17, 15) is 29.1 Å². The molecule has 4 atom stereocenters. The average Bonchev–Trinajstić information content (AvgIpc) is 4.25. The maximum absolute atomic E-state index is 14.0. The molecule has 2 aromatic heterocycles. The number of fused-ring (bicyclic) bond motifs is 2. The molecule has 17 heteroatoms. The molecule has 5 N–H and O–H groups in total. The van der Waals surface area contributed by atoms with Gasteiger partial charge in [0.25, 0.3) is 5.91 Å². The number of carbonyl (C=O) groups is 5. The van der Waals surface area contributed by atoms with Crippen LogP contribution in [-0.4, -0.2) is 99.1 Å². The van der Waals surface area contributed by atoms with Crippen molar-refractivity contribution in [1.29, 1.82) is 0 Å². The Kier molecular flexibility index (Phi) is 18.1. The van der Waals surface area contributed by atoms with Gasteiger partial charge in [-0.15, -0.1) is 11.3 Å². The van der Waals surface area contributed by atoms with Gasteiger partial charge in [-0.1, -0.05) is 76.4 Å². The number of imidazole rings is 1. The van der Waals surface area contributed by atoms with Crippen LogP contribution in [0.3, 0.4) is 0 Å². The largest absolute Gasteiger partial charge is 0.496 e. The highest BCUT2D eigenvalue weighted by atomic mass is 32.1. The molecule has 1 fully saturated rings. The standard InChI is InChI=1S/C58H74N8O8S/c1-36-48(73-6)29-42(55(70)63-45-24-23-39-21-22-41(28-44(39)45)46-34-65-26-12-14-50(65)62-46)30-49(36)74-27-13-25-59-51(68)15-10-8-7-9-11-16-52(69)64-54(58(3,4)5)57(72)66-33-43(67)31-47(66)56(71)60-32-38-17-19-40(20-18-38)53-37(2)61-35-75-53/h17-22,28-30,34-35,43,45,47,54,67H,7-16,23-27,31-33H2,1-6H3,(H,59,68)(H,60,71)(H,63,70)(H,64,69)/t43-,45-,47+,54-/m1/s1. The third-order valence-electron chi connectivity index (χ3n) is 14.7. The highest BCUT2D eigenvalue weighted by Gasteiger charge is 2.44. The van der Waals surface area contributed by atoms with Crippen molar-refractivity contribution >= 4 is 40.9 Å². The fraction of sp³-hybridized carbons (Fsp3) is 0.500. The molecule has 8 rings (SSSR count). The molecule has 75 heavy (non-hydrogen) atoms. The van der Waals surface area contributed by atoms with E-state index in [-0.39, 0.29) is 61.5 Å². The molecule has 5 amide bonds. The van der Waals surface area contributed by atoms with Crippen molar-refractivity contribution in [2.24, 2.45) is 5.41 Å². The quantitative estimate of drug-likeness (QED) is 0.0398. The van der Waals surface area contributed by atoms with Crippen LogP contribution >= 0.6 is 11.3 Å². The van der Waals surface area contributed by atoms with E-state index in [1.807, 2.05) is 64.4 Å². The number of nitrogens with zero attached hydrogens (tertiary/aromatic N) is 4. The van der Waals surface area contributed by atoms with E-state index in [0.717, 1.165) is 108 Å². The lowest BCUT2D eigenvalue weighted by molar-refractivity contribution is -0.144. The van der Waals surface area contributed by atoms with E-state index in [0.29, 0.717) is 49.5 Å². The van der Waals surface area contributed by atoms with Gasteiger partial charge in [0.05, 0.1) is 47.6 Å². The van der Waals surface area contributed by atoms with Crippen LogP contribution < -0.4 is 30.7 Å². The number of aryl methyl sites for hydroxylation is 4. The molecule has 16 nitrogen and oxygen atoms in total. The average molecular weight is 1040 g/mol. The number of carbonyl (C=O) groups excluding carboxylic acids is 5. The molecule has 0 unspecified atom stereocenters. The zero-order valence-corrected chi connectivity index (χ0v) is 45.2. The summed E-state index contributed by atoms with van der Waals surface area (Å²) in [5.41, 5.74) is 9.74. The fourth-order valence-electron chi connectivity index (χ4n) is 10.4. The number of likely N-dealkylation sites (tertiary alicyclic amines) is 1. The Balaban J connectivity index is 0.705. The fourth-order valence-corrected chi connectivity index (χ4v) is 11.2. The number of β-amino-alcohol motifs (C(OH)–C–C–N with tert-alkyl or cyclic N) is 1. The van der Waals surface area contributed by atoms with E-state index < -0.39 is 23.6 Å². The van der Waals surface area contributed by atoms with Gasteiger partial charge in [-0.2, -0.15) is 0 Å². The smallest absolute Gasteiger partial charge is 0.252 e. The SMILES string of the molecule is COc1cc(C(=O)N[C@@H]2CCc3ccc(-c4cn5c(n4)CCC5)cc32)cc(OCCCNC(=O)CCCCCCCC(=O)N[C@H](C(=O)N2C[C@H](O)C[C@H]2C(=O)NCc2ccc(-c3scnc3C)cc2)C(C)(C)C)c1C. The van der Waals surface area contributed by atoms with E-state index in [4.69, 9.17) is 14.5 Å². The van der Waals surface area contributed by atoms with Gasteiger partial charge in [0.1, 0.15) is 29.4 Å². The number of rotatable bonds is 23. The van der Waals surface area contributed by atoms with Crippen LogP contribution in [0.2, 0.25) is 0 Å². The molecule has 0 saturated carbocycles. The second kappa shape index (κ2) is 24.8. The first-order chi connectivity index (χ1) is 36.1. The summed E-state index contributed by atoms with van der Waals surface area (Å²) in [7, 11) is 1.58. The van der Waals surface area contributed by atoms with Gasteiger partial charge in [-0.25, -0.2) is 9.97 Å². The first-order valence-corrected chi connectivity index (χ1v) is 27.6. The van der Waals surface area contributed by atoms with Crippen molar-refractivity contribution in [3.63, 3.8) is 0 Å². The topological polar surface area (TPSA) is 206 Å². The molecule has 3 aliphatic rings. The normalized spacial score (nSPS) is 17.3. The summed E-state index contributed by atoms with van der Waals surface area (Å²) in [5.74, 6) is 1.04. The van der Waals surface area contributed by atoms with E-state index in [2.05, 4.69) is 55.2 Å². The van der Waals surface area contributed by atoms with Crippen molar-refractivity contribution in [2.75, 3.05) is 26.8 Å². The Labute approximate surface area is 444 Å². The molecular weight excluding hydrogens is 969 g/mol. The summed E-state index contributed by atoms with van der Waals surface area (Å²) in [5, 5.41) is 22.7. The van der Waals surface area contributed by atoms with Gasteiger partial charge >= 0.3 is 0 Å². The molecule has 1 saturated heterocycles. The first kappa shape index (κ1) is 54.7. The number of methoxy groups -OCH3 is 1. The zero-order valence-electron chi connectivity index (χ0n) is 44.4. The minimum absolute atomic E-state index is 0.0101. The van der Waals surface area contributed by atoms with E-state index in [1.165, 1.54) is 10.5 Å². The third kappa shape index (κ3) is 13.8. The predicted molar refractivity (Wildman–Crippen MR) is 289 cm³/mol. The number of hydrogen-bond donors (Lipinski definition) is 5. The summed E-state index contributed by atoms with van der Waals surface area (Å²) >= 11 is 1.58. The molecule has 0 radical (unpaired) electrons. The monoisotopic (exact) mass is 1040 g/mol. The Morgan fingerprint density at radius 2 is 1.61 bits per heavy atom. The molecule has 2 aliphatic heterocycles. The number of hydrogen-bond acceptors (Lipinski definition) is 11. The molecule has 4 heterocycles. The number of thiazole rings is 1. The molecule has 5 aromatic rings. The van der Waals surface area contributed by atoms with Crippen molar-refractivity contribution in [3.8, 4) is 33.2 Å². The summed E-state index contributed by atoms with van der Waals surface area (Å²) < 4.78 is 14.0. The van der Waals surface area contributed by atoms with Gasteiger partial charge < -0.3 is 45.3 Å². The van der Waals surface area contributed by atoms with Gasteiger partial charge in [0.15, 0.2) is 0 Å². The molecule has 1 aliphatic carbocycles.